The van der Waals surface area contributed by atoms with E-state index in [0.29, 0.717) is 31.6 Å². The van der Waals surface area contributed by atoms with Gasteiger partial charge in [0.25, 0.3) is 0 Å². The molecule has 0 saturated carbocycles. The summed E-state index contributed by atoms with van der Waals surface area (Å²) in [6.45, 7) is 4.44. The summed E-state index contributed by atoms with van der Waals surface area (Å²) in [6, 6.07) is 6.69. The molecule has 8 nitrogen and oxygen atoms in total. The lowest BCUT2D eigenvalue weighted by Gasteiger charge is -2.31. The van der Waals surface area contributed by atoms with E-state index < -0.39 is 6.04 Å². The van der Waals surface area contributed by atoms with Crippen molar-refractivity contribution >= 4 is 23.6 Å². The van der Waals surface area contributed by atoms with E-state index in [1.54, 1.807) is 12.0 Å². The second-order valence-corrected chi connectivity index (χ2v) is 8.42. The third-order valence-corrected chi connectivity index (χ3v) is 6.40. The molecule has 1 fully saturated rings. The first-order valence-electron chi connectivity index (χ1n) is 11.6. The van der Waals surface area contributed by atoms with Gasteiger partial charge < -0.3 is 15.0 Å². The molecule has 4 amide bonds. The van der Waals surface area contributed by atoms with E-state index in [-0.39, 0.29) is 55.0 Å². The summed E-state index contributed by atoms with van der Waals surface area (Å²) >= 11 is 0. The summed E-state index contributed by atoms with van der Waals surface area (Å²) in [5.41, 5.74) is 0.859. The molecule has 1 aliphatic heterocycles. The molecule has 0 spiro atoms. The Morgan fingerprint density at radius 3 is 2.21 bits per heavy atom. The predicted octanol–water partition coefficient (Wildman–Crippen LogP) is 2.28. The molecule has 1 saturated heterocycles. The lowest BCUT2D eigenvalue weighted by atomic mass is 9.85. The van der Waals surface area contributed by atoms with E-state index in [1.807, 2.05) is 50.3 Å². The Morgan fingerprint density at radius 2 is 1.70 bits per heavy atom. The molecule has 1 N–H and O–H groups in total. The van der Waals surface area contributed by atoms with Gasteiger partial charge in [0, 0.05) is 26.1 Å². The Labute approximate surface area is 194 Å². The average molecular weight is 456 g/mol. The van der Waals surface area contributed by atoms with Gasteiger partial charge in [0.2, 0.25) is 23.6 Å². The van der Waals surface area contributed by atoms with Crippen LogP contribution < -0.4 is 10.1 Å². The number of ether oxygens (including phenoxy) is 1. The molecule has 2 aliphatic rings. The Balaban J connectivity index is 1.74. The first kappa shape index (κ1) is 24.5. The minimum atomic E-state index is -0.642. The highest BCUT2D eigenvalue weighted by atomic mass is 16.5. The second kappa shape index (κ2) is 11.1. The first-order chi connectivity index (χ1) is 15.9. The third kappa shape index (κ3) is 5.43. The predicted molar refractivity (Wildman–Crippen MR) is 123 cm³/mol. The molecule has 1 aromatic rings. The van der Waals surface area contributed by atoms with Crippen LogP contribution in [0.25, 0.3) is 0 Å². The largest absolute Gasteiger partial charge is 0.497 e. The molecule has 0 bridgehead atoms. The number of allylic oxidation sites excluding steroid dienone is 2. The van der Waals surface area contributed by atoms with Crippen LogP contribution in [0.1, 0.15) is 45.1 Å². The molecule has 1 aliphatic carbocycles. The SMILES string of the molecule is CCNC(=O)[C@H](CC)N(Cc1ccc(OC)cc1)C(=O)CCN1C(=O)[C@H]2CC=CC[C@H]2C1=O. The molecule has 3 atom stereocenters. The molecule has 8 heteroatoms. The number of fused-ring (bicyclic) bond motifs is 1. The number of hydrogen-bond acceptors (Lipinski definition) is 5. The van der Waals surface area contributed by atoms with Gasteiger partial charge in [-0.15, -0.1) is 0 Å². The van der Waals surface area contributed by atoms with Crippen molar-refractivity contribution in [1.82, 2.24) is 15.1 Å². The number of nitrogens with one attached hydrogen (secondary N) is 1. The fraction of sp³-hybridized carbons (Fsp3) is 0.520. The third-order valence-electron chi connectivity index (χ3n) is 6.40. The Kier molecular flexibility index (Phi) is 8.25. The monoisotopic (exact) mass is 455 g/mol. The number of rotatable bonds is 10. The summed E-state index contributed by atoms with van der Waals surface area (Å²) in [5.74, 6) is -0.795. The maximum atomic E-state index is 13.3. The molecule has 0 radical (unpaired) electrons. The van der Waals surface area contributed by atoms with E-state index in [0.717, 1.165) is 5.56 Å². The summed E-state index contributed by atoms with van der Waals surface area (Å²) in [4.78, 5) is 54.3. The van der Waals surface area contributed by atoms with Gasteiger partial charge in [-0.25, -0.2) is 0 Å². The maximum Gasteiger partial charge on any atom is 0.242 e. The minimum absolute atomic E-state index is 0.0175. The number of methoxy groups -OCH3 is 1. The Bertz CT molecular complexity index is 885. The van der Waals surface area contributed by atoms with E-state index in [4.69, 9.17) is 4.74 Å². The van der Waals surface area contributed by atoms with E-state index in [1.165, 1.54) is 4.90 Å². The van der Waals surface area contributed by atoms with Crippen LogP contribution in [0.4, 0.5) is 0 Å². The molecule has 3 rings (SSSR count). The van der Waals surface area contributed by atoms with E-state index >= 15 is 0 Å². The number of imide groups is 1. The number of carbonyl (C=O) groups excluding carboxylic acids is 4. The number of likely N-dealkylation sites (N-methyl/N-ethyl adjacent to an activating group) is 1. The van der Waals surface area contributed by atoms with Gasteiger partial charge >= 0.3 is 0 Å². The molecule has 1 heterocycles. The van der Waals surface area contributed by atoms with Crippen molar-refractivity contribution in [2.24, 2.45) is 11.8 Å². The molecule has 0 unspecified atom stereocenters. The fourth-order valence-electron chi connectivity index (χ4n) is 4.58. The fourth-order valence-corrected chi connectivity index (χ4v) is 4.58. The lowest BCUT2D eigenvalue weighted by molar-refractivity contribution is -0.144. The minimum Gasteiger partial charge on any atom is -0.497 e. The first-order valence-corrected chi connectivity index (χ1v) is 11.6. The second-order valence-electron chi connectivity index (χ2n) is 8.42. The van der Waals surface area contributed by atoms with Crippen molar-refractivity contribution in [2.75, 3.05) is 20.2 Å². The summed E-state index contributed by atoms with van der Waals surface area (Å²) in [7, 11) is 1.58. The number of carbonyl (C=O) groups is 4. The van der Waals surface area contributed by atoms with Crippen molar-refractivity contribution in [3.8, 4) is 5.75 Å². The number of likely N-dealkylation sites (tertiary alicyclic amines) is 1. The van der Waals surface area contributed by atoms with Crippen molar-refractivity contribution < 1.29 is 23.9 Å². The summed E-state index contributed by atoms with van der Waals surface area (Å²) in [5, 5.41) is 2.80. The molecular weight excluding hydrogens is 422 g/mol. The van der Waals surface area contributed by atoms with Crippen LogP contribution in [0.15, 0.2) is 36.4 Å². The van der Waals surface area contributed by atoms with Crippen LogP contribution in [0, 0.1) is 11.8 Å². The standard InChI is InChI=1S/C25H33N3O5/c1-4-21(23(30)26-5-2)28(16-17-10-12-18(33-3)13-11-17)22(29)14-15-27-24(31)19-8-6-7-9-20(19)25(27)32/h6-7,10-13,19-21H,4-5,8-9,14-16H2,1-3H3,(H,26,30)/t19-,20+,21-/m0/s1. The van der Waals surface area contributed by atoms with Crippen LogP contribution in [-0.2, 0) is 25.7 Å². The summed E-state index contributed by atoms with van der Waals surface area (Å²) < 4.78 is 5.20. The van der Waals surface area contributed by atoms with Crippen LogP contribution >= 0.6 is 0 Å². The van der Waals surface area contributed by atoms with Crippen molar-refractivity contribution in [3.63, 3.8) is 0 Å². The number of benzene rings is 1. The highest BCUT2D eigenvalue weighted by Gasteiger charge is 2.47. The highest BCUT2D eigenvalue weighted by molar-refractivity contribution is 6.05. The zero-order valence-corrected chi connectivity index (χ0v) is 19.6. The molecule has 0 aromatic heterocycles. The number of nitrogens with zero attached hydrogens (tertiary/aromatic N) is 2. The number of hydrogen-bond donors (Lipinski definition) is 1. The highest BCUT2D eigenvalue weighted by Crippen LogP contribution is 2.35. The average Bonchev–Trinajstić information content (AvgIpc) is 3.07. The molecule has 178 valence electrons. The molecule has 1 aromatic carbocycles. The Morgan fingerprint density at radius 1 is 1.09 bits per heavy atom. The smallest absolute Gasteiger partial charge is 0.242 e. The number of amides is 4. The van der Waals surface area contributed by atoms with E-state index in [2.05, 4.69) is 5.32 Å². The Hall–Kier alpha value is -3.16. The van der Waals surface area contributed by atoms with E-state index in [9.17, 15) is 19.2 Å². The topological polar surface area (TPSA) is 96.0 Å². The van der Waals surface area contributed by atoms with Gasteiger partial charge in [0.1, 0.15) is 11.8 Å². The van der Waals surface area contributed by atoms with Crippen LogP contribution in [0.3, 0.4) is 0 Å². The van der Waals surface area contributed by atoms with Crippen LogP contribution in [0.5, 0.6) is 5.75 Å². The quantitative estimate of drug-likeness (QED) is 0.431. The van der Waals surface area contributed by atoms with Crippen molar-refractivity contribution in [1.29, 1.82) is 0 Å². The lowest BCUT2D eigenvalue weighted by Crippen LogP contribution is -2.49. The van der Waals surface area contributed by atoms with Gasteiger partial charge in [-0.05, 0) is 43.9 Å². The van der Waals surface area contributed by atoms with Crippen LogP contribution in [-0.4, -0.2) is 59.7 Å². The van der Waals surface area contributed by atoms with Crippen molar-refractivity contribution in [2.45, 2.75) is 52.1 Å². The van der Waals surface area contributed by atoms with Gasteiger partial charge in [0.05, 0.1) is 18.9 Å². The zero-order valence-electron chi connectivity index (χ0n) is 19.6. The van der Waals surface area contributed by atoms with Crippen molar-refractivity contribution in [3.05, 3.63) is 42.0 Å². The maximum absolute atomic E-state index is 13.3. The van der Waals surface area contributed by atoms with Crippen LogP contribution in [0.2, 0.25) is 0 Å². The van der Waals surface area contributed by atoms with Gasteiger partial charge in [-0.3, -0.25) is 24.1 Å². The van der Waals surface area contributed by atoms with Gasteiger partial charge in [0.15, 0.2) is 0 Å². The van der Waals surface area contributed by atoms with Gasteiger partial charge in [-0.1, -0.05) is 31.2 Å². The molecule has 33 heavy (non-hydrogen) atoms. The zero-order chi connectivity index (χ0) is 24.0. The van der Waals surface area contributed by atoms with Gasteiger partial charge in [-0.2, -0.15) is 0 Å². The summed E-state index contributed by atoms with van der Waals surface area (Å²) in [6.07, 6.45) is 5.45. The molecular formula is C25H33N3O5. The normalized spacial score (nSPS) is 20.4.